The van der Waals surface area contributed by atoms with E-state index in [4.69, 9.17) is 4.74 Å². The summed E-state index contributed by atoms with van der Waals surface area (Å²) in [6, 6.07) is 22.3. The molecule has 2 heterocycles. The molecule has 0 N–H and O–H groups in total. The number of ether oxygens (including phenoxy) is 1. The molecular weight excluding hydrogens is 358 g/mol. The predicted molar refractivity (Wildman–Crippen MR) is 120 cm³/mol. The van der Waals surface area contributed by atoms with Gasteiger partial charge in [0.25, 0.3) is 0 Å². The van der Waals surface area contributed by atoms with Crippen LogP contribution in [0.1, 0.15) is 36.2 Å². The van der Waals surface area contributed by atoms with Crippen LogP contribution in [0.2, 0.25) is 0 Å². The zero-order valence-corrected chi connectivity index (χ0v) is 17.7. The first-order valence-corrected chi connectivity index (χ1v) is 10.5. The van der Waals surface area contributed by atoms with E-state index in [-0.39, 0.29) is 6.04 Å². The van der Waals surface area contributed by atoms with Gasteiger partial charge in [-0.05, 0) is 60.9 Å². The number of anilines is 1. The van der Waals surface area contributed by atoms with Crippen LogP contribution in [0.15, 0.2) is 66.9 Å². The second-order valence-corrected chi connectivity index (χ2v) is 7.92. The van der Waals surface area contributed by atoms with E-state index in [1.54, 1.807) is 0 Å². The summed E-state index contributed by atoms with van der Waals surface area (Å²) in [7, 11) is 4.17. The molecule has 152 valence electrons. The molecule has 2 aromatic carbocycles. The monoisotopic (exact) mass is 389 g/mol. The quantitative estimate of drug-likeness (QED) is 0.595. The Bertz CT molecular complexity index is 912. The van der Waals surface area contributed by atoms with Crippen LogP contribution in [0.3, 0.4) is 0 Å². The predicted octanol–water partition coefficient (Wildman–Crippen LogP) is 4.95. The molecule has 1 aliphatic heterocycles. The minimum absolute atomic E-state index is 0.247. The summed E-state index contributed by atoms with van der Waals surface area (Å²) < 4.78 is 8.07. The maximum Gasteiger partial charge on any atom is 0.119 e. The van der Waals surface area contributed by atoms with Crippen molar-refractivity contribution in [3.05, 3.63) is 83.7 Å². The number of rotatable bonds is 6. The molecule has 29 heavy (non-hydrogen) atoms. The van der Waals surface area contributed by atoms with Crippen molar-refractivity contribution in [3.63, 3.8) is 0 Å². The Morgan fingerprint density at radius 2 is 1.72 bits per heavy atom. The van der Waals surface area contributed by atoms with Crippen LogP contribution in [0, 0.1) is 0 Å². The lowest BCUT2D eigenvalue weighted by Gasteiger charge is -2.31. The number of hydrogen-bond acceptors (Lipinski definition) is 3. The Morgan fingerprint density at radius 1 is 0.966 bits per heavy atom. The fourth-order valence-corrected chi connectivity index (χ4v) is 4.24. The fraction of sp³-hybridized carbons (Fsp3) is 0.360. The Labute approximate surface area is 174 Å². The first-order chi connectivity index (χ1) is 14.2. The fourth-order valence-electron chi connectivity index (χ4n) is 4.24. The van der Waals surface area contributed by atoms with Gasteiger partial charge in [0.1, 0.15) is 5.75 Å². The molecule has 0 fully saturated rings. The van der Waals surface area contributed by atoms with Gasteiger partial charge in [0.05, 0.1) is 12.6 Å². The van der Waals surface area contributed by atoms with Crippen molar-refractivity contribution in [3.8, 4) is 5.75 Å². The van der Waals surface area contributed by atoms with Crippen LogP contribution >= 0.6 is 0 Å². The van der Waals surface area contributed by atoms with Crippen LogP contribution < -0.4 is 9.64 Å². The molecule has 1 unspecified atom stereocenters. The molecule has 0 radical (unpaired) electrons. The van der Waals surface area contributed by atoms with Crippen molar-refractivity contribution < 1.29 is 4.74 Å². The summed E-state index contributed by atoms with van der Waals surface area (Å²) in [6.07, 6.45) is 3.37. The summed E-state index contributed by atoms with van der Waals surface area (Å²) in [5, 5.41) is 0. The molecule has 4 heteroatoms. The molecule has 0 aliphatic carbocycles. The highest BCUT2D eigenvalue weighted by Crippen LogP contribution is 2.34. The molecule has 0 saturated carbocycles. The lowest BCUT2D eigenvalue weighted by atomic mass is 10.0. The number of benzene rings is 2. The molecule has 0 amide bonds. The maximum absolute atomic E-state index is 5.66. The second kappa shape index (κ2) is 8.75. The number of aromatic nitrogens is 1. The highest BCUT2D eigenvalue weighted by Gasteiger charge is 2.27. The van der Waals surface area contributed by atoms with Gasteiger partial charge in [-0.2, -0.15) is 0 Å². The average molecular weight is 390 g/mol. The van der Waals surface area contributed by atoms with E-state index in [1.807, 2.05) is 6.92 Å². The van der Waals surface area contributed by atoms with Crippen molar-refractivity contribution in [1.29, 1.82) is 0 Å². The molecule has 3 aromatic rings. The van der Waals surface area contributed by atoms with Crippen LogP contribution in [0.4, 0.5) is 5.69 Å². The highest BCUT2D eigenvalue weighted by molar-refractivity contribution is 5.46. The van der Waals surface area contributed by atoms with Gasteiger partial charge in [0.15, 0.2) is 0 Å². The molecule has 1 atom stereocenters. The SMILES string of the molecule is CCOc1ccc(C2c3cccn3CCCN2Cc2ccc(N(C)C)cc2)cc1. The second-order valence-electron chi connectivity index (χ2n) is 7.92. The van der Waals surface area contributed by atoms with Crippen molar-refractivity contribution >= 4 is 5.69 Å². The molecule has 0 saturated heterocycles. The summed E-state index contributed by atoms with van der Waals surface area (Å²) in [5.41, 5.74) is 5.28. The first kappa shape index (κ1) is 19.6. The third-order valence-corrected chi connectivity index (χ3v) is 5.70. The zero-order chi connectivity index (χ0) is 20.2. The molecule has 0 bridgehead atoms. The summed E-state index contributed by atoms with van der Waals surface area (Å²) in [6.45, 7) is 5.81. The van der Waals surface area contributed by atoms with Crippen molar-refractivity contribution in [2.24, 2.45) is 0 Å². The van der Waals surface area contributed by atoms with E-state index in [9.17, 15) is 0 Å². The summed E-state index contributed by atoms with van der Waals surface area (Å²) in [5.74, 6) is 0.936. The number of nitrogens with zero attached hydrogens (tertiary/aromatic N) is 3. The van der Waals surface area contributed by atoms with Crippen molar-refractivity contribution in [2.45, 2.75) is 32.5 Å². The zero-order valence-electron chi connectivity index (χ0n) is 17.7. The maximum atomic E-state index is 5.66. The largest absolute Gasteiger partial charge is 0.494 e. The van der Waals surface area contributed by atoms with Gasteiger partial charge in [-0.3, -0.25) is 4.90 Å². The topological polar surface area (TPSA) is 20.6 Å². The van der Waals surface area contributed by atoms with Gasteiger partial charge < -0.3 is 14.2 Å². The molecule has 4 nitrogen and oxygen atoms in total. The number of fused-ring (bicyclic) bond motifs is 1. The van der Waals surface area contributed by atoms with E-state index < -0.39 is 0 Å². The molecule has 0 spiro atoms. The Morgan fingerprint density at radius 3 is 2.41 bits per heavy atom. The van der Waals surface area contributed by atoms with Gasteiger partial charge in [0, 0.05) is 51.3 Å². The van der Waals surface area contributed by atoms with Crippen LogP contribution in [-0.4, -0.2) is 36.7 Å². The van der Waals surface area contributed by atoms with E-state index in [0.29, 0.717) is 6.61 Å². The van der Waals surface area contributed by atoms with E-state index >= 15 is 0 Å². The van der Waals surface area contributed by atoms with Gasteiger partial charge >= 0.3 is 0 Å². The van der Waals surface area contributed by atoms with Gasteiger partial charge in [-0.1, -0.05) is 24.3 Å². The minimum atomic E-state index is 0.247. The van der Waals surface area contributed by atoms with E-state index in [2.05, 4.69) is 95.3 Å². The number of aryl methyl sites for hydroxylation is 1. The van der Waals surface area contributed by atoms with Crippen LogP contribution in [0.5, 0.6) is 5.75 Å². The van der Waals surface area contributed by atoms with Crippen molar-refractivity contribution in [2.75, 3.05) is 32.1 Å². The Kier molecular flexibility index (Phi) is 5.91. The summed E-state index contributed by atoms with van der Waals surface area (Å²) >= 11 is 0. The summed E-state index contributed by atoms with van der Waals surface area (Å²) in [4.78, 5) is 4.75. The first-order valence-electron chi connectivity index (χ1n) is 10.5. The van der Waals surface area contributed by atoms with E-state index in [1.165, 1.54) is 22.5 Å². The smallest absolute Gasteiger partial charge is 0.119 e. The van der Waals surface area contributed by atoms with Crippen molar-refractivity contribution in [1.82, 2.24) is 9.47 Å². The third-order valence-electron chi connectivity index (χ3n) is 5.70. The van der Waals surface area contributed by atoms with E-state index in [0.717, 1.165) is 31.8 Å². The molecule has 1 aliphatic rings. The minimum Gasteiger partial charge on any atom is -0.494 e. The standard InChI is InChI=1S/C25H31N3O/c1-4-29-23-14-10-21(11-15-23)25-24-7-5-16-27(24)17-6-18-28(25)19-20-8-12-22(13-9-20)26(2)3/h5,7-16,25H,4,6,17-19H2,1-3H3. The lowest BCUT2D eigenvalue weighted by Crippen LogP contribution is -2.29. The molecular formula is C25H31N3O. The lowest BCUT2D eigenvalue weighted by molar-refractivity contribution is 0.220. The average Bonchev–Trinajstić information content (AvgIpc) is 3.11. The molecule has 1 aromatic heterocycles. The number of hydrogen-bond donors (Lipinski definition) is 0. The normalized spacial score (nSPS) is 16.9. The van der Waals surface area contributed by atoms with Gasteiger partial charge in [-0.25, -0.2) is 0 Å². The highest BCUT2D eigenvalue weighted by atomic mass is 16.5. The van der Waals surface area contributed by atoms with Gasteiger partial charge in [-0.15, -0.1) is 0 Å². The molecule has 4 rings (SSSR count). The third kappa shape index (κ3) is 4.33. The van der Waals surface area contributed by atoms with Crippen LogP contribution in [-0.2, 0) is 13.1 Å². The Hall–Kier alpha value is -2.72. The van der Waals surface area contributed by atoms with Crippen LogP contribution in [0.25, 0.3) is 0 Å². The van der Waals surface area contributed by atoms with Gasteiger partial charge in [0.2, 0.25) is 0 Å². The Balaban J connectivity index is 1.65.